The number of ether oxygens (including phenoxy) is 2. The average Bonchev–Trinajstić information content (AvgIpc) is 3.07. The van der Waals surface area contributed by atoms with Gasteiger partial charge < -0.3 is 9.47 Å². The summed E-state index contributed by atoms with van der Waals surface area (Å²) < 4.78 is 11.7. The predicted molar refractivity (Wildman–Crippen MR) is 57.9 cm³/mol. The lowest BCUT2D eigenvalue weighted by Crippen LogP contribution is -2.00. The SMILES string of the molecule is C1=C[C@@H]2O[C@@H]1c1cc3c(cc12)[C@H]1C=C[C@H]3O1. The van der Waals surface area contributed by atoms with Gasteiger partial charge in [0.25, 0.3) is 0 Å². The summed E-state index contributed by atoms with van der Waals surface area (Å²) in [5, 5.41) is 0. The molecule has 1 aromatic rings. The molecule has 0 fully saturated rings. The van der Waals surface area contributed by atoms with Gasteiger partial charge in [0.05, 0.1) is 0 Å². The number of rotatable bonds is 0. The lowest BCUT2D eigenvalue weighted by Gasteiger charge is -2.13. The molecule has 4 bridgehead atoms. The van der Waals surface area contributed by atoms with E-state index < -0.39 is 0 Å². The fourth-order valence-electron chi connectivity index (χ4n) is 3.26. The van der Waals surface area contributed by atoms with Crippen LogP contribution >= 0.6 is 0 Å². The van der Waals surface area contributed by atoms with E-state index in [-0.39, 0.29) is 24.4 Å². The topological polar surface area (TPSA) is 18.5 Å². The number of hydrogen-bond acceptors (Lipinski definition) is 2. The third-order valence-electron chi connectivity index (χ3n) is 4.02. The van der Waals surface area contributed by atoms with E-state index in [1.807, 2.05) is 0 Å². The van der Waals surface area contributed by atoms with Gasteiger partial charge in [-0.05, 0) is 34.4 Å². The summed E-state index contributed by atoms with van der Waals surface area (Å²) in [5.41, 5.74) is 5.37. The summed E-state index contributed by atoms with van der Waals surface area (Å²) in [6.07, 6.45) is 9.38. The highest BCUT2D eigenvalue weighted by molar-refractivity contribution is 5.53. The Balaban J connectivity index is 1.80. The normalized spacial score (nSPS) is 39.5. The number of fused-ring (bicyclic) bond motifs is 10. The highest BCUT2D eigenvalue weighted by Crippen LogP contribution is 2.52. The Bertz CT molecular complexity index is 476. The van der Waals surface area contributed by atoms with Crippen LogP contribution in [-0.4, -0.2) is 0 Å². The standard InChI is InChI=1S/C14H10O2/c1-2-12-8-6-10-9(5-7(8)11(1)15-12)13-3-4-14(10)16-13/h1-6,11-14H/t11-,12-,13+,14+. The summed E-state index contributed by atoms with van der Waals surface area (Å²) >= 11 is 0. The zero-order chi connectivity index (χ0) is 10.3. The summed E-state index contributed by atoms with van der Waals surface area (Å²) in [7, 11) is 0. The van der Waals surface area contributed by atoms with Crippen molar-refractivity contribution in [2.24, 2.45) is 0 Å². The first-order chi connectivity index (χ1) is 7.90. The Hall–Kier alpha value is -1.38. The smallest absolute Gasteiger partial charge is 0.102 e. The van der Waals surface area contributed by atoms with E-state index in [0.29, 0.717) is 0 Å². The van der Waals surface area contributed by atoms with Gasteiger partial charge in [0.2, 0.25) is 0 Å². The first kappa shape index (κ1) is 7.82. The van der Waals surface area contributed by atoms with Crippen molar-refractivity contribution in [1.82, 2.24) is 0 Å². The van der Waals surface area contributed by atoms with Crippen LogP contribution in [0, 0.1) is 0 Å². The first-order valence-electron chi connectivity index (χ1n) is 5.75. The molecule has 0 saturated carbocycles. The Morgan fingerprint density at radius 2 is 0.875 bits per heavy atom. The van der Waals surface area contributed by atoms with Crippen LogP contribution in [0.4, 0.5) is 0 Å². The highest BCUT2D eigenvalue weighted by atomic mass is 16.5. The van der Waals surface area contributed by atoms with Crippen LogP contribution in [0.2, 0.25) is 0 Å². The van der Waals surface area contributed by atoms with E-state index in [0.717, 1.165) is 0 Å². The van der Waals surface area contributed by atoms with Crippen molar-refractivity contribution in [3.63, 3.8) is 0 Å². The molecule has 16 heavy (non-hydrogen) atoms. The van der Waals surface area contributed by atoms with Gasteiger partial charge in [-0.1, -0.05) is 24.3 Å². The zero-order valence-electron chi connectivity index (χ0n) is 8.59. The molecule has 0 aromatic heterocycles. The van der Waals surface area contributed by atoms with Crippen LogP contribution in [0.3, 0.4) is 0 Å². The fraction of sp³-hybridized carbons (Fsp3) is 0.286. The van der Waals surface area contributed by atoms with Gasteiger partial charge in [-0.25, -0.2) is 0 Å². The van der Waals surface area contributed by atoms with Gasteiger partial charge >= 0.3 is 0 Å². The lowest BCUT2D eigenvalue weighted by atomic mass is 9.88. The van der Waals surface area contributed by atoms with Crippen molar-refractivity contribution in [3.8, 4) is 0 Å². The average molecular weight is 210 g/mol. The summed E-state index contributed by atoms with van der Waals surface area (Å²) in [4.78, 5) is 0. The maximum atomic E-state index is 5.84. The molecule has 4 atom stereocenters. The molecule has 0 N–H and O–H groups in total. The molecule has 0 radical (unpaired) electrons. The van der Waals surface area contributed by atoms with Crippen molar-refractivity contribution < 1.29 is 9.47 Å². The quantitative estimate of drug-likeness (QED) is 0.613. The fourth-order valence-corrected chi connectivity index (χ4v) is 3.26. The maximum absolute atomic E-state index is 5.84. The van der Waals surface area contributed by atoms with Gasteiger partial charge in [-0.3, -0.25) is 0 Å². The van der Waals surface area contributed by atoms with Crippen molar-refractivity contribution in [2.45, 2.75) is 24.4 Å². The Morgan fingerprint density at radius 3 is 1.19 bits per heavy atom. The molecule has 0 spiro atoms. The van der Waals surface area contributed by atoms with E-state index in [2.05, 4.69) is 36.4 Å². The monoisotopic (exact) mass is 210 g/mol. The largest absolute Gasteiger partial charge is 0.357 e. The van der Waals surface area contributed by atoms with Crippen LogP contribution in [0.15, 0.2) is 36.4 Å². The molecule has 78 valence electrons. The maximum Gasteiger partial charge on any atom is 0.102 e. The molecule has 4 aliphatic rings. The summed E-state index contributed by atoms with van der Waals surface area (Å²) in [6.45, 7) is 0. The third-order valence-corrected chi connectivity index (χ3v) is 4.02. The van der Waals surface area contributed by atoms with Gasteiger partial charge in [-0.2, -0.15) is 0 Å². The number of benzene rings is 1. The molecule has 0 aliphatic carbocycles. The summed E-state index contributed by atoms with van der Waals surface area (Å²) in [6, 6.07) is 4.57. The lowest BCUT2D eigenvalue weighted by molar-refractivity contribution is 0.0840. The second-order valence-corrected chi connectivity index (χ2v) is 4.83. The molecular weight excluding hydrogens is 200 g/mol. The van der Waals surface area contributed by atoms with E-state index in [1.54, 1.807) is 0 Å². The molecule has 0 unspecified atom stereocenters. The van der Waals surface area contributed by atoms with Gasteiger partial charge in [0, 0.05) is 0 Å². The molecule has 0 saturated heterocycles. The predicted octanol–water partition coefficient (Wildman–Crippen LogP) is 3.05. The Kier molecular flexibility index (Phi) is 1.13. The van der Waals surface area contributed by atoms with Crippen LogP contribution in [0.25, 0.3) is 0 Å². The van der Waals surface area contributed by atoms with Crippen LogP contribution in [-0.2, 0) is 9.47 Å². The number of hydrogen-bond donors (Lipinski definition) is 0. The molecule has 0 amide bonds. The Morgan fingerprint density at radius 1 is 0.562 bits per heavy atom. The molecule has 2 heteroatoms. The van der Waals surface area contributed by atoms with Crippen molar-refractivity contribution in [2.75, 3.05) is 0 Å². The molecule has 4 heterocycles. The molecule has 4 aliphatic heterocycles. The van der Waals surface area contributed by atoms with Crippen LogP contribution in [0.5, 0.6) is 0 Å². The molecule has 1 aromatic carbocycles. The van der Waals surface area contributed by atoms with E-state index in [4.69, 9.17) is 9.47 Å². The van der Waals surface area contributed by atoms with E-state index >= 15 is 0 Å². The van der Waals surface area contributed by atoms with Crippen molar-refractivity contribution in [1.29, 1.82) is 0 Å². The second-order valence-electron chi connectivity index (χ2n) is 4.83. The Labute approximate surface area is 93.2 Å². The summed E-state index contributed by atoms with van der Waals surface area (Å²) in [5.74, 6) is 0. The van der Waals surface area contributed by atoms with Crippen molar-refractivity contribution >= 4 is 0 Å². The van der Waals surface area contributed by atoms with Gasteiger partial charge in [0.1, 0.15) is 24.4 Å². The second kappa shape index (κ2) is 2.31. The molecular formula is C14H10O2. The molecule has 5 rings (SSSR count). The van der Waals surface area contributed by atoms with Gasteiger partial charge in [0.15, 0.2) is 0 Å². The minimum atomic E-state index is 0.188. The third kappa shape index (κ3) is 0.721. The van der Waals surface area contributed by atoms with Crippen molar-refractivity contribution in [3.05, 3.63) is 58.7 Å². The van der Waals surface area contributed by atoms with E-state index in [1.165, 1.54) is 22.3 Å². The van der Waals surface area contributed by atoms with Crippen LogP contribution in [0.1, 0.15) is 46.7 Å². The van der Waals surface area contributed by atoms with Gasteiger partial charge in [-0.15, -0.1) is 0 Å². The molecule has 2 nitrogen and oxygen atoms in total. The highest BCUT2D eigenvalue weighted by Gasteiger charge is 2.40. The first-order valence-corrected chi connectivity index (χ1v) is 5.75. The van der Waals surface area contributed by atoms with E-state index in [9.17, 15) is 0 Å². The zero-order valence-corrected chi connectivity index (χ0v) is 8.59. The van der Waals surface area contributed by atoms with Crippen LogP contribution < -0.4 is 0 Å². The minimum Gasteiger partial charge on any atom is -0.357 e. The minimum absolute atomic E-state index is 0.188.